The van der Waals surface area contributed by atoms with E-state index in [1.807, 2.05) is 32.9 Å². The smallest absolute Gasteiger partial charge is 0.278 e. The van der Waals surface area contributed by atoms with Crippen LogP contribution in [0.4, 0.5) is 5.69 Å². The number of aryl methyl sites for hydroxylation is 2. The molecule has 6 nitrogen and oxygen atoms in total. The lowest BCUT2D eigenvalue weighted by Crippen LogP contribution is -2.40. The number of hydrogen-bond acceptors (Lipinski definition) is 5. The van der Waals surface area contributed by atoms with Crippen LogP contribution >= 0.6 is 0 Å². The van der Waals surface area contributed by atoms with Crippen molar-refractivity contribution in [2.75, 3.05) is 17.5 Å². The van der Waals surface area contributed by atoms with E-state index in [2.05, 4.69) is 0 Å². The molecule has 0 aliphatic heterocycles. The topological polar surface area (TPSA) is 72.9 Å². The van der Waals surface area contributed by atoms with Crippen molar-refractivity contribution in [3.05, 3.63) is 83.9 Å². The molecule has 0 aromatic heterocycles. The van der Waals surface area contributed by atoms with Crippen LogP contribution in [0.5, 0.6) is 11.5 Å². The van der Waals surface area contributed by atoms with Gasteiger partial charge in [-0.3, -0.25) is 4.79 Å². The van der Waals surface area contributed by atoms with Gasteiger partial charge in [0.2, 0.25) is 0 Å². The molecule has 0 bridgehead atoms. The molecule has 0 unspecified atom stereocenters. The largest absolute Gasteiger partial charge is 0.494 e. The zero-order chi connectivity index (χ0) is 22.4. The van der Waals surface area contributed by atoms with Crippen molar-refractivity contribution in [3.8, 4) is 11.5 Å². The first-order valence-electron chi connectivity index (χ1n) is 9.89. The van der Waals surface area contributed by atoms with Gasteiger partial charge in [-0.1, -0.05) is 35.9 Å². The number of anilines is 1. The second-order valence-electron chi connectivity index (χ2n) is 6.96. The molecule has 3 aromatic carbocycles. The molecule has 0 saturated carbocycles. The number of sulfonamides is 1. The van der Waals surface area contributed by atoms with Gasteiger partial charge in [-0.2, -0.15) is 4.31 Å². The third kappa shape index (κ3) is 5.24. The first-order valence-corrected chi connectivity index (χ1v) is 11.3. The third-order valence-electron chi connectivity index (χ3n) is 4.61. The summed E-state index contributed by atoms with van der Waals surface area (Å²) >= 11 is 0. The molecular formula is C24H25NO5S. The van der Waals surface area contributed by atoms with Gasteiger partial charge in [0.05, 0.1) is 17.2 Å². The molecule has 3 aromatic rings. The van der Waals surface area contributed by atoms with Crippen molar-refractivity contribution >= 4 is 21.6 Å². The third-order valence-corrected chi connectivity index (χ3v) is 6.38. The average molecular weight is 440 g/mol. The Hall–Kier alpha value is -3.32. The van der Waals surface area contributed by atoms with E-state index in [-0.39, 0.29) is 10.6 Å². The number of rotatable bonds is 8. The zero-order valence-electron chi connectivity index (χ0n) is 17.7. The van der Waals surface area contributed by atoms with Crippen molar-refractivity contribution < 1.29 is 22.7 Å². The second kappa shape index (κ2) is 9.66. The number of para-hydroxylation sites is 1. The quantitative estimate of drug-likeness (QED) is 0.517. The summed E-state index contributed by atoms with van der Waals surface area (Å²) in [4.78, 5) is 13.1. The molecule has 0 saturated heterocycles. The lowest BCUT2D eigenvalue weighted by atomic mass is 10.2. The molecular weight excluding hydrogens is 414 g/mol. The molecule has 31 heavy (non-hydrogen) atoms. The minimum atomic E-state index is -4.15. The number of nitrogens with zero attached hydrogens (tertiary/aromatic N) is 1. The molecule has 0 radical (unpaired) electrons. The highest BCUT2D eigenvalue weighted by Gasteiger charge is 2.31. The summed E-state index contributed by atoms with van der Waals surface area (Å²) in [6.45, 7) is 5.63. The summed E-state index contributed by atoms with van der Waals surface area (Å²) < 4.78 is 38.6. The fourth-order valence-corrected chi connectivity index (χ4v) is 4.40. The molecule has 3 rings (SSSR count). The maximum Gasteiger partial charge on any atom is 0.278 e. The van der Waals surface area contributed by atoms with E-state index in [0.717, 1.165) is 15.4 Å². The minimum Gasteiger partial charge on any atom is -0.494 e. The highest BCUT2D eigenvalue weighted by atomic mass is 32.2. The Morgan fingerprint density at radius 3 is 2.13 bits per heavy atom. The van der Waals surface area contributed by atoms with E-state index >= 15 is 0 Å². The molecule has 0 N–H and O–H groups in total. The van der Waals surface area contributed by atoms with Crippen molar-refractivity contribution in [3.63, 3.8) is 0 Å². The molecule has 0 aliphatic carbocycles. The number of amides is 1. The van der Waals surface area contributed by atoms with E-state index in [4.69, 9.17) is 9.47 Å². The first-order chi connectivity index (χ1) is 14.8. The number of hydrogen-bond donors (Lipinski definition) is 0. The molecule has 162 valence electrons. The zero-order valence-corrected chi connectivity index (χ0v) is 18.6. The van der Waals surface area contributed by atoms with Gasteiger partial charge >= 0.3 is 0 Å². The van der Waals surface area contributed by atoms with Crippen LogP contribution in [0.3, 0.4) is 0 Å². The number of ether oxygens (including phenoxy) is 2. The predicted molar refractivity (Wildman–Crippen MR) is 120 cm³/mol. The van der Waals surface area contributed by atoms with Crippen molar-refractivity contribution in [1.29, 1.82) is 0 Å². The summed E-state index contributed by atoms with van der Waals surface area (Å²) in [6, 6.07) is 19.9. The summed E-state index contributed by atoms with van der Waals surface area (Å²) in [6.07, 6.45) is 0. The Morgan fingerprint density at radius 1 is 0.871 bits per heavy atom. The number of benzene rings is 3. The van der Waals surface area contributed by atoms with Gasteiger partial charge in [-0.05, 0) is 68.8 Å². The van der Waals surface area contributed by atoms with Gasteiger partial charge in [0.25, 0.3) is 15.9 Å². The van der Waals surface area contributed by atoms with Crippen LogP contribution in [0.2, 0.25) is 0 Å². The number of carbonyl (C=O) groups excluding carboxylic acids is 1. The lowest BCUT2D eigenvalue weighted by Gasteiger charge is -2.23. The molecule has 1 amide bonds. The average Bonchev–Trinajstić information content (AvgIpc) is 2.75. The van der Waals surface area contributed by atoms with E-state index < -0.39 is 22.5 Å². The van der Waals surface area contributed by atoms with Crippen LogP contribution in [0.15, 0.2) is 77.7 Å². The Morgan fingerprint density at radius 2 is 1.52 bits per heavy atom. The lowest BCUT2D eigenvalue weighted by molar-refractivity contribution is -0.119. The molecule has 0 heterocycles. The van der Waals surface area contributed by atoms with Crippen LogP contribution in [-0.2, 0) is 14.8 Å². The van der Waals surface area contributed by atoms with Crippen LogP contribution in [0.1, 0.15) is 18.1 Å². The van der Waals surface area contributed by atoms with Gasteiger partial charge in [-0.15, -0.1) is 0 Å². The molecule has 0 spiro atoms. The highest BCUT2D eigenvalue weighted by Crippen LogP contribution is 2.27. The van der Waals surface area contributed by atoms with E-state index in [9.17, 15) is 13.2 Å². The van der Waals surface area contributed by atoms with Crippen molar-refractivity contribution in [2.24, 2.45) is 0 Å². The summed E-state index contributed by atoms with van der Waals surface area (Å²) in [5.41, 5.74) is 1.98. The Bertz CT molecular complexity index is 1140. The van der Waals surface area contributed by atoms with E-state index in [1.165, 1.54) is 12.1 Å². The van der Waals surface area contributed by atoms with Crippen molar-refractivity contribution in [1.82, 2.24) is 0 Å². The van der Waals surface area contributed by atoms with E-state index in [1.54, 1.807) is 48.5 Å². The second-order valence-corrected chi connectivity index (χ2v) is 8.74. The SMILES string of the molecule is CCOc1ccc(N(C(=O)COc2ccccc2C)S(=O)(=O)c2ccc(C)cc2)cc1. The Balaban J connectivity index is 1.96. The summed E-state index contributed by atoms with van der Waals surface area (Å²) in [7, 11) is -4.15. The molecule has 7 heteroatoms. The van der Waals surface area contributed by atoms with Crippen LogP contribution in [-0.4, -0.2) is 27.5 Å². The molecule has 0 fully saturated rings. The first kappa shape index (κ1) is 22.4. The number of carbonyl (C=O) groups is 1. The highest BCUT2D eigenvalue weighted by molar-refractivity contribution is 7.93. The van der Waals surface area contributed by atoms with Crippen LogP contribution in [0, 0.1) is 13.8 Å². The van der Waals surface area contributed by atoms with Crippen LogP contribution in [0.25, 0.3) is 0 Å². The van der Waals surface area contributed by atoms with Gasteiger partial charge in [-0.25, -0.2) is 8.42 Å². The minimum absolute atomic E-state index is 0.0243. The van der Waals surface area contributed by atoms with E-state index in [0.29, 0.717) is 18.1 Å². The maximum atomic E-state index is 13.4. The standard InChI is InChI=1S/C24H25NO5S/c1-4-29-21-13-11-20(12-14-21)25(31(27,28)22-15-9-18(2)10-16-22)24(26)17-30-23-8-6-5-7-19(23)3/h5-16H,4,17H2,1-3H3. The monoisotopic (exact) mass is 439 g/mol. The predicted octanol–water partition coefficient (Wildman–Crippen LogP) is 4.50. The summed E-state index contributed by atoms with van der Waals surface area (Å²) in [5, 5.41) is 0. The van der Waals surface area contributed by atoms with Gasteiger partial charge < -0.3 is 9.47 Å². The summed E-state index contributed by atoms with van der Waals surface area (Å²) in [5.74, 6) is 0.408. The van der Waals surface area contributed by atoms with Gasteiger partial charge in [0.15, 0.2) is 6.61 Å². The van der Waals surface area contributed by atoms with Crippen LogP contribution < -0.4 is 13.8 Å². The van der Waals surface area contributed by atoms with Gasteiger partial charge in [0, 0.05) is 0 Å². The maximum absolute atomic E-state index is 13.4. The fourth-order valence-electron chi connectivity index (χ4n) is 2.99. The van der Waals surface area contributed by atoms with Gasteiger partial charge in [0.1, 0.15) is 11.5 Å². The molecule has 0 atom stereocenters. The van der Waals surface area contributed by atoms with Crippen molar-refractivity contribution in [2.45, 2.75) is 25.7 Å². The normalized spacial score (nSPS) is 11.1. The Kier molecular flexibility index (Phi) is 6.97. The fraction of sp³-hybridized carbons (Fsp3) is 0.208. The molecule has 0 aliphatic rings. The Labute approximate surface area is 183 Å².